The first-order valence-corrected chi connectivity index (χ1v) is 6.92. The molecule has 0 fully saturated rings. The van der Waals surface area contributed by atoms with Crippen molar-refractivity contribution in [2.24, 2.45) is 0 Å². The molecule has 0 saturated carbocycles. The summed E-state index contributed by atoms with van der Waals surface area (Å²) in [6, 6.07) is 6.01. The van der Waals surface area contributed by atoms with Gasteiger partial charge in [0.05, 0.1) is 3.79 Å². The smallest absolute Gasteiger partial charge is 0.123 e. The van der Waals surface area contributed by atoms with E-state index in [1.165, 1.54) is 14.9 Å². The average Bonchev–Trinajstić information content (AvgIpc) is 2.67. The number of hydrogen-bond donors (Lipinski definition) is 1. The second kappa shape index (κ2) is 5.62. The summed E-state index contributed by atoms with van der Waals surface area (Å²) in [5.74, 6) is 0.568. The summed E-state index contributed by atoms with van der Waals surface area (Å²) in [5.41, 5.74) is 8.06. The fourth-order valence-corrected chi connectivity index (χ4v) is 2.84. The van der Waals surface area contributed by atoms with Crippen LogP contribution in [0.1, 0.15) is 11.1 Å². The van der Waals surface area contributed by atoms with Crippen LogP contribution in [0.25, 0.3) is 0 Å². The maximum absolute atomic E-state index is 5.56. The molecule has 0 atom stereocenters. The van der Waals surface area contributed by atoms with Crippen molar-refractivity contribution in [2.45, 2.75) is 13.1 Å². The van der Waals surface area contributed by atoms with E-state index in [-0.39, 0.29) is 0 Å². The predicted molar refractivity (Wildman–Crippen MR) is 75.8 cm³/mol. The van der Waals surface area contributed by atoms with E-state index in [1.54, 1.807) is 11.3 Å². The molecule has 0 aromatic carbocycles. The zero-order valence-electron chi connectivity index (χ0n) is 9.56. The Labute approximate surface area is 113 Å². The third-order valence-electron chi connectivity index (χ3n) is 2.37. The molecule has 0 aliphatic heterocycles. The van der Waals surface area contributed by atoms with Crippen LogP contribution in [0, 0.1) is 0 Å². The van der Waals surface area contributed by atoms with Crippen LogP contribution in [0.2, 0.25) is 0 Å². The van der Waals surface area contributed by atoms with Gasteiger partial charge >= 0.3 is 0 Å². The SMILES string of the molecule is CN(Cc1ccc(N)nc1)Cc1csc(Br)c1. The van der Waals surface area contributed by atoms with E-state index in [2.05, 4.69) is 44.3 Å². The second-order valence-electron chi connectivity index (χ2n) is 4.02. The molecule has 0 saturated heterocycles. The number of rotatable bonds is 4. The molecule has 0 radical (unpaired) electrons. The van der Waals surface area contributed by atoms with Gasteiger partial charge in [0, 0.05) is 19.3 Å². The lowest BCUT2D eigenvalue weighted by atomic mass is 10.2. The van der Waals surface area contributed by atoms with Gasteiger partial charge in [0.2, 0.25) is 0 Å². The lowest BCUT2D eigenvalue weighted by Gasteiger charge is -2.15. The van der Waals surface area contributed by atoms with Crippen LogP contribution in [0.3, 0.4) is 0 Å². The molecule has 0 aliphatic rings. The fraction of sp³-hybridized carbons (Fsp3) is 0.250. The number of nitrogens with zero attached hydrogens (tertiary/aromatic N) is 2. The van der Waals surface area contributed by atoms with Crippen molar-refractivity contribution in [3.05, 3.63) is 44.7 Å². The molecule has 0 bridgehead atoms. The maximum Gasteiger partial charge on any atom is 0.123 e. The number of anilines is 1. The number of nitrogen functional groups attached to an aromatic ring is 1. The molecule has 90 valence electrons. The number of thiophene rings is 1. The molecule has 17 heavy (non-hydrogen) atoms. The van der Waals surface area contributed by atoms with Gasteiger partial charge in [-0.15, -0.1) is 11.3 Å². The topological polar surface area (TPSA) is 42.1 Å². The Bertz CT molecular complexity index is 481. The lowest BCUT2D eigenvalue weighted by molar-refractivity contribution is 0.319. The average molecular weight is 312 g/mol. The van der Waals surface area contributed by atoms with E-state index in [4.69, 9.17) is 5.73 Å². The summed E-state index contributed by atoms with van der Waals surface area (Å²) in [6.07, 6.45) is 1.83. The van der Waals surface area contributed by atoms with Gasteiger partial charge in [0.1, 0.15) is 5.82 Å². The quantitative estimate of drug-likeness (QED) is 0.943. The number of hydrogen-bond acceptors (Lipinski definition) is 4. The van der Waals surface area contributed by atoms with Crippen LogP contribution >= 0.6 is 27.3 Å². The molecule has 2 heterocycles. The molecule has 3 nitrogen and oxygen atoms in total. The van der Waals surface area contributed by atoms with Gasteiger partial charge < -0.3 is 5.73 Å². The highest BCUT2D eigenvalue weighted by Gasteiger charge is 2.04. The maximum atomic E-state index is 5.56. The number of halogens is 1. The van der Waals surface area contributed by atoms with Crippen molar-refractivity contribution in [3.63, 3.8) is 0 Å². The van der Waals surface area contributed by atoms with E-state index in [9.17, 15) is 0 Å². The summed E-state index contributed by atoms with van der Waals surface area (Å²) in [5, 5.41) is 2.17. The molecule has 5 heteroatoms. The summed E-state index contributed by atoms with van der Waals surface area (Å²) in [7, 11) is 2.10. The molecule has 2 aromatic rings. The molecule has 2 rings (SSSR count). The van der Waals surface area contributed by atoms with E-state index in [0.29, 0.717) is 5.82 Å². The largest absolute Gasteiger partial charge is 0.384 e. The highest BCUT2D eigenvalue weighted by Crippen LogP contribution is 2.21. The third-order valence-corrected chi connectivity index (χ3v) is 3.93. The van der Waals surface area contributed by atoms with Crippen molar-refractivity contribution in [1.29, 1.82) is 0 Å². The van der Waals surface area contributed by atoms with Gasteiger partial charge in [-0.2, -0.15) is 0 Å². The molecule has 0 amide bonds. The molecule has 0 aliphatic carbocycles. The Balaban J connectivity index is 1.93. The minimum Gasteiger partial charge on any atom is -0.384 e. The van der Waals surface area contributed by atoms with Crippen molar-refractivity contribution in [3.8, 4) is 0 Å². The molecule has 0 spiro atoms. The highest BCUT2D eigenvalue weighted by molar-refractivity contribution is 9.11. The fourth-order valence-electron chi connectivity index (χ4n) is 1.64. The van der Waals surface area contributed by atoms with Gasteiger partial charge in [-0.3, -0.25) is 4.90 Å². The van der Waals surface area contributed by atoms with Gasteiger partial charge in [0.25, 0.3) is 0 Å². The van der Waals surface area contributed by atoms with E-state index in [1.807, 2.05) is 18.3 Å². The van der Waals surface area contributed by atoms with Crippen LogP contribution in [-0.4, -0.2) is 16.9 Å². The number of aromatic nitrogens is 1. The van der Waals surface area contributed by atoms with E-state index in [0.717, 1.165) is 13.1 Å². The van der Waals surface area contributed by atoms with Crippen molar-refractivity contribution in [1.82, 2.24) is 9.88 Å². The molecule has 2 aromatic heterocycles. The lowest BCUT2D eigenvalue weighted by Crippen LogP contribution is -2.16. The van der Waals surface area contributed by atoms with Crippen LogP contribution < -0.4 is 5.73 Å². The van der Waals surface area contributed by atoms with Gasteiger partial charge in [-0.1, -0.05) is 6.07 Å². The predicted octanol–water partition coefficient (Wildman–Crippen LogP) is 3.12. The Kier molecular flexibility index (Phi) is 4.15. The first-order chi connectivity index (χ1) is 8.13. The van der Waals surface area contributed by atoms with Gasteiger partial charge in [0.15, 0.2) is 0 Å². The Morgan fingerprint density at radius 1 is 1.35 bits per heavy atom. The Hall–Kier alpha value is -0.910. The summed E-state index contributed by atoms with van der Waals surface area (Å²) in [6.45, 7) is 1.81. The monoisotopic (exact) mass is 311 g/mol. The van der Waals surface area contributed by atoms with Crippen LogP contribution in [0.5, 0.6) is 0 Å². The summed E-state index contributed by atoms with van der Waals surface area (Å²) in [4.78, 5) is 6.34. The molecular weight excluding hydrogens is 298 g/mol. The first kappa shape index (κ1) is 12.5. The van der Waals surface area contributed by atoms with Crippen molar-refractivity contribution < 1.29 is 0 Å². The normalized spacial score (nSPS) is 11.0. The molecule has 0 unspecified atom stereocenters. The van der Waals surface area contributed by atoms with Crippen LogP contribution in [0.15, 0.2) is 33.6 Å². The molecule has 2 N–H and O–H groups in total. The van der Waals surface area contributed by atoms with Crippen LogP contribution in [-0.2, 0) is 13.1 Å². The number of pyridine rings is 1. The van der Waals surface area contributed by atoms with Crippen molar-refractivity contribution in [2.75, 3.05) is 12.8 Å². The minimum atomic E-state index is 0.568. The summed E-state index contributed by atoms with van der Waals surface area (Å²) >= 11 is 5.19. The molecular formula is C12H14BrN3S. The second-order valence-corrected chi connectivity index (χ2v) is 6.31. The van der Waals surface area contributed by atoms with Crippen molar-refractivity contribution >= 4 is 33.1 Å². The highest BCUT2D eigenvalue weighted by atomic mass is 79.9. The van der Waals surface area contributed by atoms with Gasteiger partial charge in [-0.05, 0) is 51.6 Å². The minimum absolute atomic E-state index is 0.568. The zero-order chi connectivity index (χ0) is 12.3. The summed E-state index contributed by atoms with van der Waals surface area (Å²) < 4.78 is 1.18. The third kappa shape index (κ3) is 3.80. The Morgan fingerprint density at radius 2 is 2.12 bits per heavy atom. The van der Waals surface area contributed by atoms with Crippen LogP contribution in [0.4, 0.5) is 5.82 Å². The number of nitrogens with two attached hydrogens (primary N) is 1. The van der Waals surface area contributed by atoms with Gasteiger partial charge in [-0.25, -0.2) is 4.98 Å². The zero-order valence-corrected chi connectivity index (χ0v) is 12.0. The van der Waals surface area contributed by atoms with E-state index >= 15 is 0 Å². The Morgan fingerprint density at radius 3 is 2.71 bits per heavy atom. The standard InChI is InChI=1S/C12H14BrN3S/c1-16(7-10-4-11(13)17-8-10)6-9-2-3-12(14)15-5-9/h2-5,8H,6-7H2,1H3,(H2,14,15). The first-order valence-electron chi connectivity index (χ1n) is 5.25. The van der Waals surface area contributed by atoms with E-state index < -0.39 is 0 Å².